The van der Waals surface area contributed by atoms with Crippen LogP contribution in [0.15, 0.2) is 0 Å². The second kappa shape index (κ2) is 18.2. The first kappa shape index (κ1) is 36.6. The minimum absolute atomic E-state index is 0.0435. The molecule has 8 nitrogen and oxygen atoms in total. The molecular formula is C32H64N4O4. The fourth-order valence-corrected chi connectivity index (χ4v) is 4.67. The van der Waals surface area contributed by atoms with Crippen molar-refractivity contribution in [1.29, 1.82) is 0 Å². The van der Waals surface area contributed by atoms with E-state index >= 15 is 0 Å². The second-order valence-electron chi connectivity index (χ2n) is 15.2. The summed E-state index contributed by atoms with van der Waals surface area (Å²) in [5.74, 6) is 0.0766. The third kappa shape index (κ3) is 21.4. The van der Waals surface area contributed by atoms with Crippen molar-refractivity contribution < 1.29 is 19.1 Å². The maximum absolute atomic E-state index is 12.5. The molecule has 40 heavy (non-hydrogen) atoms. The number of piperazine rings is 1. The normalized spacial score (nSPS) is 16.5. The molecule has 0 aromatic carbocycles. The predicted molar refractivity (Wildman–Crippen MR) is 166 cm³/mol. The Balaban J connectivity index is 2.11. The molecule has 0 aromatic heterocycles. The van der Waals surface area contributed by atoms with Crippen LogP contribution < -0.4 is 10.6 Å². The van der Waals surface area contributed by atoms with Crippen LogP contribution in [0.25, 0.3) is 0 Å². The summed E-state index contributed by atoms with van der Waals surface area (Å²) < 4.78 is 11.4. The van der Waals surface area contributed by atoms with Gasteiger partial charge < -0.3 is 29.9 Å². The highest BCUT2D eigenvalue weighted by molar-refractivity contribution is 5.75. The summed E-state index contributed by atoms with van der Waals surface area (Å²) in [6.45, 7) is 28.6. The van der Waals surface area contributed by atoms with E-state index in [1.165, 1.54) is 0 Å². The fraction of sp³-hybridized carbons (Fsp3) is 0.938. The Hall–Kier alpha value is -1.38. The molecule has 1 fully saturated rings. The highest BCUT2D eigenvalue weighted by atomic mass is 16.6. The summed E-state index contributed by atoms with van der Waals surface area (Å²) in [4.78, 5) is 29.4. The molecule has 1 rings (SSSR count). The van der Waals surface area contributed by atoms with E-state index in [0.717, 1.165) is 84.3 Å². The maximum Gasteiger partial charge on any atom is 0.407 e. The van der Waals surface area contributed by atoms with Gasteiger partial charge in [0.2, 0.25) is 5.91 Å². The van der Waals surface area contributed by atoms with Crippen molar-refractivity contribution >= 4 is 12.0 Å². The van der Waals surface area contributed by atoms with Gasteiger partial charge >= 0.3 is 6.09 Å². The van der Waals surface area contributed by atoms with Crippen LogP contribution in [-0.2, 0) is 14.3 Å². The summed E-state index contributed by atoms with van der Waals surface area (Å²) in [5, 5.41) is 5.99. The van der Waals surface area contributed by atoms with Gasteiger partial charge in [-0.2, -0.15) is 0 Å². The number of alkyl carbamates (subject to hydrolysis) is 1. The standard InChI is InChI=1S/C32H64N4O4/c1-30(2,3)14-12-27(26-32(7,8)9)40-29(38)34-17-11-19-36-22-20-35(21-23-36)18-10-16-33-28(37)13-24-39-25-15-31(4,5)6/h27H,10-26H2,1-9H3,(H,33,37)(H,34,38). The molecule has 236 valence electrons. The Morgan fingerprint density at radius 3 is 1.75 bits per heavy atom. The number of rotatable bonds is 17. The molecule has 1 aliphatic heterocycles. The SMILES string of the molecule is CC(C)(C)CCOCCC(=O)NCCCN1CCN(CCCNC(=O)OC(CCC(C)(C)C)CC(C)(C)C)CC1. The van der Waals surface area contributed by atoms with E-state index < -0.39 is 0 Å². The Morgan fingerprint density at radius 1 is 0.725 bits per heavy atom. The second-order valence-corrected chi connectivity index (χ2v) is 15.2. The van der Waals surface area contributed by atoms with Gasteiger partial charge in [-0.3, -0.25) is 4.79 Å². The van der Waals surface area contributed by atoms with Crippen molar-refractivity contribution in [1.82, 2.24) is 20.4 Å². The van der Waals surface area contributed by atoms with Gasteiger partial charge in [0.05, 0.1) is 6.61 Å². The molecule has 1 saturated heterocycles. The average Bonchev–Trinajstić information content (AvgIpc) is 2.81. The van der Waals surface area contributed by atoms with Gasteiger partial charge in [0.1, 0.15) is 6.10 Å². The van der Waals surface area contributed by atoms with Crippen LogP contribution in [0.3, 0.4) is 0 Å². The summed E-state index contributed by atoms with van der Waals surface area (Å²) in [6, 6.07) is 0. The number of nitrogens with zero attached hydrogens (tertiary/aromatic N) is 2. The number of nitrogens with one attached hydrogen (secondary N) is 2. The molecule has 0 radical (unpaired) electrons. The van der Waals surface area contributed by atoms with Gasteiger partial charge in [-0.05, 0) is 67.9 Å². The summed E-state index contributed by atoms with van der Waals surface area (Å²) in [5.41, 5.74) is 0.625. The van der Waals surface area contributed by atoms with Crippen molar-refractivity contribution in [3.8, 4) is 0 Å². The molecule has 1 heterocycles. The summed E-state index contributed by atoms with van der Waals surface area (Å²) >= 11 is 0. The van der Waals surface area contributed by atoms with E-state index in [4.69, 9.17) is 9.47 Å². The van der Waals surface area contributed by atoms with E-state index in [1.807, 2.05) is 0 Å². The summed E-state index contributed by atoms with van der Waals surface area (Å²) in [7, 11) is 0. The van der Waals surface area contributed by atoms with Crippen LogP contribution in [0.4, 0.5) is 4.79 Å². The smallest absolute Gasteiger partial charge is 0.407 e. The van der Waals surface area contributed by atoms with Crippen LogP contribution in [-0.4, -0.2) is 93.5 Å². The quantitative estimate of drug-likeness (QED) is 0.219. The highest BCUT2D eigenvalue weighted by Gasteiger charge is 2.24. The molecule has 1 aliphatic rings. The molecule has 1 atom stereocenters. The molecule has 0 aromatic rings. The van der Waals surface area contributed by atoms with Gasteiger partial charge in [-0.15, -0.1) is 0 Å². The lowest BCUT2D eigenvalue weighted by molar-refractivity contribution is -0.122. The number of amides is 2. The van der Waals surface area contributed by atoms with Gasteiger partial charge in [0.25, 0.3) is 0 Å². The molecule has 0 spiro atoms. The van der Waals surface area contributed by atoms with E-state index in [-0.39, 0.29) is 34.3 Å². The zero-order valence-corrected chi connectivity index (χ0v) is 27.6. The molecule has 2 N–H and O–H groups in total. The number of ether oxygens (including phenoxy) is 2. The van der Waals surface area contributed by atoms with Crippen molar-refractivity contribution in [2.24, 2.45) is 16.2 Å². The van der Waals surface area contributed by atoms with Crippen molar-refractivity contribution in [3.63, 3.8) is 0 Å². The number of carbonyl (C=O) groups is 2. The molecular weight excluding hydrogens is 504 g/mol. The molecule has 0 aliphatic carbocycles. The lowest BCUT2D eigenvalue weighted by Crippen LogP contribution is -2.47. The van der Waals surface area contributed by atoms with Gasteiger partial charge in [0, 0.05) is 52.3 Å². The third-order valence-electron chi connectivity index (χ3n) is 7.16. The lowest BCUT2D eigenvalue weighted by atomic mass is 9.84. The number of carbonyl (C=O) groups excluding carboxylic acids is 2. The highest BCUT2D eigenvalue weighted by Crippen LogP contribution is 2.29. The van der Waals surface area contributed by atoms with Crippen molar-refractivity contribution in [2.45, 2.75) is 113 Å². The van der Waals surface area contributed by atoms with Crippen LogP contribution >= 0.6 is 0 Å². The van der Waals surface area contributed by atoms with Gasteiger partial charge in [-0.1, -0.05) is 62.3 Å². The average molecular weight is 569 g/mol. The van der Waals surface area contributed by atoms with Crippen molar-refractivity contribution in [3.05, 3.63) is 0 Å². The predicted octanol–water partition coefficient (Wildman–Crippen LogP) is 5.70. The van der Waals surface area contributed by atoms with Gasteiger partial charge in [0.15, 0.2) is 0 Å². The van der Waals surface area contributed by atoms with E-state index in [9.17, 15) is 9.59 Å². The Morgan fingerprint density at radius 2 is 1.25 bits per heavy atom. The lowest BCUT2D eigenvalue weighted by Gasteiger charge is -2.34. The topological polar surface area (TPSA) is 83.1 Å². The number of hydrogen-bond acceptors (Lipinski definition) is 6. The number of hydrogen-bond donors (Lipinski definition) is 2. The molecule has 8 heteroatoms. The molecule has 0 bridgehead atoms. The summed E-state index contributed by atoms with van der Waals surface area (Å²) in [6.07, 6.45) is 5.81. The largest absolute Gasteiger partial charge is 0.446 e. The third-order valence-corrected chi connectivity index (χ3v) is 7.16. The van der Waals surface area contributed by atoms with Crippen LogP contribution in [0.1, 0.15) is 107 Å². The first-order chi connectivity index (χ1) is 18.5. The fourth-order valence-electron chi connectivity index (χ4n) is 4.67. The zero-order chi connectivity index (χ0) is 30.2. The Labute approximate surface area is 246 Å². The first-order valence-corrected chi connectivity index (χ1v) is 15.8. The minimum Gasteiger partial charge on any atom is -0.446 e. The Kier molecular flexibility index (Phi) is 16.7. The van der Waals surface area contributed by atoms with Gasteiger partial charge in [-0.25, -0.2) is 4.79 Å². The van der Waals surface area contributed by atoms with Crippen LogP contribution in [0.5, 0.6) is 0 Å². The minimum atomic E-state index is -0.284. The van der Waals surface area contributed by atoms with Crippen molar-refractivity contribution in [2.75, 3.05) is 65.6 Å². The van der Waals surface area contributed by atoms with E-state index in [0.29, 0.717) is 26.2 Å². The van der Waals surface area contributed by atoms with Crippen LogP contribution in [0.2, 0.25) is 0 Å². The maximum atomic E-state index is 12.5. The van der Waals surface area contributed by atoms with E-state index in [2.05, 4.69) is 82.7 Å². The zero-order valence-electron chi connectivity index (χ0n) is 27.6. The van der Waals surface area contributed by atoms with Crippen LogP contribution in [0, 0.1) is 16.2 Å². The first-order valence-electron chi connectivity index (χ1n) is 15.8. The monoisotopic (exact) mass is 568 g/mol. The molecule has 0 saturated carbocycles. The molecule has 1 unspecified atom stereocenters. The van der Waals surface area contributed by atoms with E-state index in [1.54, 1.807) is 0 Å². The Bertz CT molecular complexity index is 701. The molecule has 2 amide bonds.